The molecule has 0 saturated carbocycles. The molecule has 7 heteroatoms. The molecule has 190 valence electrons. The van der Waals surface area contributed by atoms with E-state index in [2.05, 4.69) is 16.8 Å². The molecule has 2 aromatic carbocycles. The van der Waals surface area contributed by atoms with Gasteiger partial charge in [-0.2, -0.15) is 0 Å². The molecule has 6 nitrogen and oxygen atoms in total. The fourth-order valence-corrected chi connectivity index (χ4v) is 5.33. The van der Waals surface area contributed by atoms with E-state index in [-0.39, 0.29) is 30.6 Å². The molecule has 0 radical (unpaired) electrons. The molecule has 0 saturated heterocycles. The number of nitrogens with zero attached hydrogens (tertiary/aromatic N) is 2. The minimum atomic E-state index is -0.262. The van der Waals surface area contributed by atoms with Gasteiger partial charge in [-0.25, -0.2) is 4.79 Å². The van der Waals surface area contributed by atoms with E-state index >= 15 is 0 Å². The summed E-state index contributed by atoms with van der Waals surface area (Å²) in [5, 5.41) is 5.04. The average molecular weight is 506 g/mol. The number of aryl methyl sites for hydroxylation is 2. The first-order valence-electron chi connectivity index (χ1n) is 12.5. The molecule has 36 heavy (non-hydrogen) atoms. The Morgan fingerprint density at radius 1 is 1.08 bits per heavy atom. The Kier molecular flexibility index (Phi) is 8.31. The second-order valence-corrected chi connectivity index (χ2v) is 10.5. The Bertz CT molecular complexity index is 1170. The first kappa shape index (κ1) is 25.8. The van der Waals surface area contributed by atoms with Crippen LogP contribution >= 0.6 is 11.3 Å². The third-order valence-corrected chi connectivity index (χ3v) is 7.83. The van der Waals surface area contributed by atoms with Crippen molar-refractivity contribution in [2.24, 2.45) is 0 Å². The molecule has 4 rings (SSSR count). The second kappa shape index (κ2) is 11.6. The van der Waals surface area contributed by atoms with Gasteiger partial charge in [0.15, 0.2) is 0 Å². The summed E-state index contributed by atoms with van der Waals surface area (Å²) in [6.07, 6.45) is 1.57. The SMILES string of the molecule is CC[C@H](C)N(CC(=O)N1CCc2sccc2[C@@H]1COc1ccc(C)cc1)C(=O)Nc1ccc(C)cc1. The number of urea groups is 1. The molecule has 1 aromatic heterocycles. The number of ether oxygens (including phenoxy) is 1. The second-order valence-electron chi connectivity index (χ2n) is 9.46. The maximum Gasteiger partial charge on any atom is 0.322 e. The number of thiophene rings is 1. The molecule has 3 amide bonds. The highest BCUT2D eigenvalue weighted by atomic mass is 32.1. The summed E-state index contributed by atoms with van der Waals surface area (Å²) in [6.45, 7) is 9.06. The predicted molar refractivity (Wildman–Crippen MR) is 146 cm³/mol. The number of anilines is 1. The van der Waals surface area contributed by atoms with Gasteiger partial charge >= 0.3 is 6.03 Å². The lowest BCUT2D eigenvalue weighted by Crippen LogP contribution is -2.50. The number of carbonyl (C=O) groups is 2. The van der Waals surface area contributed by atoms with E-state index in [1.165, 1.54) is 10.4 Å². The van der Waals surface area contributed by atoms with Gasteiger partial charge in [0.1, 0.15) is 18.9 Å². The molecule has 0 bridgehead atoms. The van der Waals surface area contributed by atoms with Crippen LogP contribution in [0.15, 0.2) is 60.0 Å². The van der Waals surface area contributed by atoms with Crippen molar-refractivity contribution in [2.75, 3.05) is 25.0 Å². The first-order chi connectivity index (χ1) is 17.4. The molecular formula is C29H35N3O3S. The topological polar surface area (TPSA) is 61.9 Å². The third-order valence-electron chi connectivity index (χ3n) is 6.84. The molecule has 2 atom stereocenters. The van der Waals surface area contributed by atoms with Crippen molar-refractivity contribution in [2.45, 2.75) is 52.6 Å². The summed E-state index contributed by atoms with van der Waals surface area (Å²) >= 11 is 1.73. The van der Waals surface area contributed by atoms with Crippen molar-refractivity contribution in [1.82, 2.24) is 9.80 Å². The van der Waals surface area contributed by atoms with Crippen LogP contribution in [0, 0.1) is 13.8 Å². The standard InChI is InChI=1S/C29H35N3O3S/c1-5-22(4)32(29(34)30-23-10-6-20(2)7-11-23)18-28(33)31-16-14-27-25(15-17-36-27)26(31)19-35-24-12-8-21(3)9-13-24/h6-13,15,17,22,26H,5,14,16,18-19H2,1-4H3,(H,30,34)/t22-,26-/m0/s1. The van der Waals surface area contributed by atoms with Crippen molar-refractivity contribution in [3.05, 3.63) is 81.5 Å². The highest BCUT2D eigenvalue weighted by molar-refractivity contribution is 7.10. The summed E-state index contributed by atoms with van der Waals surface area (Å²) < 4.78 is 6.13. The van der Waals surface area contributed by atoms with Crippen LogP contribution in [0.1, 0.15) is 47.9 Å². The van der Waals surface area contributed by atoms with Crippen molar-refractivity contribution < 1.29 is 14.3 Å². The van der Waals surface area contributed by atoms with E-state index in [1.807, 2.05) is 81.1 Å². The summed E-state index contributed by atoms with van der Waals surface area (Å²) in [6, 6.07) is 17.2. The molecule has 0 unspecified atom stereocenters. The van der Waals surface area contributed by atoms with Crippen molar-refractivity contribution >= 4 is 29.0 Å². The fraction of sp³-hybridized carbons (Fsp3) is 0.379. The summed E-state index contributed by atoms with van der Waals surface area (Å²) in [7, 11) is 0. The Hall–Kier alpha value is -3.32. The normalized spacial score (nSPS) is 15.7. The molecular weight excluding hydrogens is 470 g/mol. The number of hydrogen-bond donors (Lipinski definition) is 1. The Morgan fingerprint density at radius 3 is 2.42 bits per heavy atom. The lowest BCUT2D eigenvalue weighted by molar-refractivity contribution is -0.135. The molecule has 0 fully saturated rings. The molecule has 1 aliphatic rings. The lowest BCUT2D eigenvalue weighted by atomic mass is 10.00. The van der Waals surface area contributed by atoms with Crippen molar-refractivity contribution in [3.8, 4) is 5.75 Å². The zero-order valence-electron chi connectivity index (χ0n) is 21.5. The lowest BCUT2D eigenvalue weighted by Gasteiger charge is -2.38. The van der Waals surface area contributed by atoms with Gasteiger partial charge in [0.2, 0.25) is 5.91 Å². The highest BCUT2D eigenvalue weighted by Gasteiger charge is 2.34. The van der Waals surface area contributed by atoms with Crippen LogP contribution in [-0.4, -0.2) is 47.5 Å². The van der Waals surface area contributed by atoms with E-state index < -0.39 is 0 Å². The van der Waals surface area contributed by atoms with Gasteiger partial charge in [-0.1, -0.05) is 42.3 Å². The van der Waals surface area contributed by atoms with Gasteiger partial charge in [0.25, 0.3) is 0 Å². The molecule has 0 aliphatic carbocycles. The fourth-order valence-electron chi connectivity index (χ4n) is 4.40. The molecule has 3 aromatic rings. The van der Waals surface area contributed by atoms with E-state index in [9.17, 15) is 9.59 Å². The van der Waals surface area contributed by atoms with Crippen LogP contribution in [0.2, 0.25) is 0 Å². The summed E-state index contributed by atoms with van der Waals surface area (Å²) in [5.74, 6) is 0.720. The summed E-state index contributed by atoms with van der Waals surface area (Å²) in [5.41, 5.74) is 4.16. The largest absolute Gasteiger partial charge is 0.491 e. The van der Waals surface area contributed by atoms with E-state index in [0.717, 1.165) is 35.4 Å². The number of carbonyl (C=O) groups excluding carboxylic acids is 2. The van der Waals surface area contributed by atoms with Gasteiger partial charge in [0, 0.05) is 23.2 Å². The number of hydrogen-bond acceptors (Lipinski definition) is 4. The summed E-state index contributed by atoms with van der Waals surface area (Å²) in [4.78, 5) is 31.7. The van der Waals surface area contributed by atoms with Crippen LogP contribution < -0.4 is 10.1 Å². The number of nitrogens with one attached hydrogen (secondary N) is 1. The molecule has 1 N–H and O–H groups in total. The van der Waals surface area contributed by atoms with Crippen LogP contribution in [-0.2, 0) is 11.2 Å². The Labute approximate surface area is 217 Å². The maximum atomic E-state index is 13.7. The van der Waals surface area contributed by atoms with Gasteiger partial charge in [-0.15, -0.1) is 11.3 Å². The zero-order valence-corrected chi connectivity index (χ0v) is 22.3. The smallest absolute Gasteiger partial charge is 0.322 e. The van der Waals surface area contributed by atoms with Crippen LogP contribution in [0.3, 0.4) is 0 Å². The zero-order chi connectivity index (χ0) is 25.7. The quantitative estimate of drug-likeness (QED) is 0.396. The van der Waals surface area contributed by atoms with E-state index in [4.69, 9.17) is 4.74 Å². The van der Waals surface area contributed by atoms with Gasteiger partial charge < -0.3 is 19.9 Å². The Morgan fingerprint density at radius 2 is 1.75 bits per heavy atom. The monoisotopic (exact) mass is 505 g/mol. The van der Waals surface area contributed by atoms with Crippen molar-refractivity contribution in [3.63, 3.8) is 0 Å². The predicted octanol–water partition coefficient (Wildman–Crippen LogP) is 6.20. The minimum Gasteiger partial charge on any atom is -0.491 e. The van der Waals surface area contributed by atoms with Gasteiger partial charge in [-0.05, 0) is 74.9 Å². The Balaban J connectivity index is 1.50. The highest BCUT2D eigenvalue weighted by Crippen LogP contribution is 2.34. The third kappa shape index (κ3) is 6.08. The number of fused-ring (bicyclic) bond motifs is 1. The molecule has 0 spiro atoms. The first-order valence-corrected chi connectivity index (χ1v) is 13.4. The van der Waals surface area contributed by atoms with E-state index in [0.29, 0.717) is 13.2 Å². The van der Waals surface area contributed by atoms with Crippen LogP contribution in [0.5, 0.6) is 5.75 Å². The minimum absolute atomic E-state index is 0.0210. The van der Waals surface area contributed by atoms with E-state index in [1.54, 1.807) is 16.2 Å². The molecule has 2 heterocycles. The molecule has 1 aliphatic heterocycles. The van der Waals surface area contributed by atoms with Gasteiger partial charge in [-0.3, -0.25) is 4.79 Å². The van der Waals surface area contributed by atoms with Crippen LogP contribution in [0.25, 0.3) is 0 Å². The number of benzene rings is 2. The number of amides is 3. The number of rotatable bonds is 8. The van der Waals surface area contributed by atoms with Gasteiger partial charge in [0.05, 0.1) is 6.04 Å². The van der Waals surface area contributed by atoms with Crippen LogP contribution in [0.4, 0.5) is 10.5 Å². The average Bonchev–Trinajstić information content (AvgIpc) is 3.36. The maximum absolute atomic E-state index is 13.7. The van der Waals surface area contributed by atoms with Crippen molar-refractivity contribution in [1.29, 1.82) is 0 Å².